The molecule has 1 aromatic carbocycles. The van der Waals surface area contributed by atoms with Crippen molar-refractivity contribution in [1.82, 2.24) is 19.8 Å². The third-order valence-electron chi connectivity index (χ3n) is 4.51. The van der Waals surface area contributed by atoms with E-state index >= 15 is 0 Å². The lowest BCUT2D eigenvalue weighted by Gasteiger charge is -2.33. The molecule has 2 N–H and O–H groups in total. The Bertz CT molecular complexity index is 779. The second-order valence-electron chi connectivity index (χ2n) is 6.58. The van der Waals surface area contributed by atoms with E-state index in [1.165, 1.54) is 0 Å². The van der Waals surface area contributed by atoms with Crippen molar-refractivity contribution in [3.63, 3.8) is 0 Å². The minimum Gasteiger partial charge on any atom is -0.369 e. The number of likely N-dealkylation sites (tertiary alicyclic amines) is 1. The van der Waals surface area contributed by atoms with Crippen molar-refractivity contribution in [2.24, 2.45) is 11.7 Å². The van der Waals surface area contributed by atoms with Gasteiger partial charge in [0.05, 0.1) is 41.9 Å². The number of primary amides is 1. The molecule has 0 spiro atoms. The first-order valence-electron chi connectivity index (χ1n) is 8.49. The van der Waals surface area contributed by atoms with Crippen molar-refractivity contribution in [3.05, 3.63) is 36.2 Å². The summed E-state index contributed by atoms with van der Waals surface area (Å²) in [5.41, 5.74) is 7.69. The summed E-state index contributed by atoms with van der Waals surface area (Å²) in [4.78, 5) is 36.4. The first-order valence-corrected chi connectivity index (χ1v) is 8.49. The van der Waals surface area contributed by atoms with Crippen LogP contribution in [-0.2, 0) is 16.1 Å². The molecule has 2 amide bonds. The largest absolute Gasteiger partial charge is 0.369 e. The normalized spacial score (nSPS) is 18.2. The summed E-state index contributed by atoms with van der Waals surface area (Å²) < 4.78 is 0. The minimum atomic E-state index is -0.354. The van der Waals surface area contributed by atoms with Crippen LogP contribution in [0.15, 0.2) is 30.5 Å². The predicted molar refractivity (Wildman–Crippen MR) is 94.4 cm³/mol. The molecule has 25 heavy (non-hydrogen) atoms. The molecule has 1 saturated heterocycles. The van der Waals surface area contributed by atoms with Crippen LogP contribution in [0.1, 0.15) is 18.5 Å². The molecule has 0 radical (unpaired) electrons. The maximum Gasteiger partial charge on any atom is 0.231 e. The number of piperidine rings is 1. The summed E-state index contributed by atoms with van der Waals surface area (Å²) in [6.45, 7) is 2.02. The zero-order valence-electron chi connectivity index (χ0n) is 14.4. The molecule has 0 saturated carbocycles. The summed E-state index contributed by atoms with van der Waals surface area (Å²) in [6.07, 6.45) is 3.45. The summed E-state index contributed by atoms with van der Waals surface area (Å²) in [7, 11) is 1.78. The van der Waals surface area contributed by atoms with Crippen LogP contribution < -0.4 is 5.73 Å². The summed E-state index contributed by atoms with van der Waals surface area (Å²) in [5, 5.41) is 0. The predicted octanol–water partition coefficient (Wildman–Crippen LogP) is 0.785. The number of nitrogens with two attached hydrogens (primary N) is 1. The molecule has 7 nitrogen and oxygen atoms in total. The van der Waals surface area contributed by atoms with Crippen molar-refractivity contribution in [2.45, 2.75) is 19.4 Å². The maximum absolute atomic E-state index is 12.7. The number of hydrogen-bond acceptors (Lipinski definition) is 5. The second kappa shape index (κ2) is 7.57. The highest BCUT2D eigenvalue weighted by Crippen LogP contribution is 2.19. The van der Waals surface area contributed by atoms with Crippen molar-refractivity contribution in [1.29, 1.82) is 0 Å². The molecule has 7 heteroatoms. The lowest BCUT2D eigenvalue weighted by atomic mass is 9.96. The number of para-hydroxylation sites is 2. The Balaban J connectivity index is 1.64. The fourth-order valence-corrected chi connectivity index (χ4v) is 3.33. The van der Waals surface area contributed by atoms with Crippen LogP contribution in [0.25, 0.3) is 11.0 Å². The first-order chi connectivity index (χ1) is 12.0. The molecule has 1 aliphatic heterocycles. The van der Waals surface area contributed by atoms with Crippen molar-refractivity contribution < 1.29 is 9.59 Å². The Morgan fingerprint density at radius 3 is 2.84 bits per heavy atom. The molecule has 1 atom stereocenters. The van der Waals surface area contributed by atoms with Crippen molar-refractivity contribution in [2.75, 3.05) is 26.7 Å². The average molecular weight is 341 g/mol. The van der Waals surface area contributed by atoms with Gasteiger partial charge in [-0.2, -0.15) is 0 Å². The zero-order valence-corrected chi connectivity index (χ0v) is 14.4. The number of aromatic nitrogens is 2. The number of benzene rings is 1. The van der Waals surface area contributed by atoms with Crippen LogP contribution in [0.2, 0.25) is 0 Å². The van der Waals surface area contributed by atoms with Gasteiger partial charge in [-0.15, -0.1) is 0 Å². The number of hydrogen-bond donors (Lipinski definition) is 1. The van der Waals surface area contributed by atoms with Gasteiger partial charge in [0.25, 0.3) is 0 Å². The monoisotopic (exact) mass is 341 g/mol. The van der Waals surface area contributed by atoms with E-state index < -0.39 is 0 Å². The summed E-state index contributed by atoms with van der Waals surface area (Å²) in [6, 6.07) is 7.67. The van der Waals surface area contributed by atoms with Gasteiger partial charge < -0.3 is 10.6 Å². The van der Waals surface area contributed by atoms with Gasteiger partial charge in [-0.25, -0.2) is 4.98 Å². The Morgan fingerprint density at radius 1 is 1.32 bits per heavy atom. The third kappa shape index (κ3) is 4.30. The molecule has 2 aromatic rings. The zero-order chi connectivity index (χ0) is 17.8. The second-order valence-corrected chi connectivity index (χ2v) is 6.58. The highest BCUT2D eigenvalue weighted by atomic mass is 16.2. The topological polar surface area (TPSA) is 92.4 Å². The van der Waals surface area contributed by atoms with Gasteiger partial charge in [0.1, 0.15) is 0 Å². The molecular formula is C18H23N5O2. The minimum absolute atomic E-state index is 0.0733. The molecule has 0 bridgehead atoms. The van der Waals surface area contributed by atoms with Gasteiger partial charge in [-0.3, -0.25) is 19.5 Å². The summed E-state index contributed by atoms with van der Waals surface area (Å²) >= 11 is 0. The van der Waals surface area contributed by atoms with Crippen molar-refractivity contribution in [3.8, 4) is 0 Å². The Kier molecular flexibility index (Phi) is 5.23. The maximum atomic E-state index is 12.7. The molecule has 1 fully saturated rings. The lowest BCUT2D eigenvalue weighted by Crippen LogP contribution is -2.46. The third-order valence-corrected chi connectivity index (χ3v) is 4.51. The molecular weight excluding hydrogens is 318 g/mol. The number of carbonyl (C=O) groups excluding carboxylic acids is 2. The van der Waals surface area contributed by atoms with Crippen LogP contribution in [0, 0.1) is 5.92 Å². The van der Waals surface area contributed by atoms with Gasteiger partial charge in [0.2, 0.25) is 11.8 Å². The number of nitrogens with zero attached hydrogens (tertiary/aromatic N) is 4. The van der Waals surface area contributed by atoms with Gasteiger partial charge in [-0.05, 0) is 31.5 Å². The standard InChI is InChI=1S/C18H23N5O2/c1-22(11-14-9-20-15-6-2-3-7-16(15)21-14)18(25)13-5-4-8-23(10-13)12-17(19)24/h2-3,6-7,9,13H,4-5,8,10-12H2,1H3,(H2,19,24). The SMILES string of the molecule is CN(Cc1cnc2ccccc2n1)C(=O)C1CCCN(CC(N)=O)C1. The molecule has 1 aromatic heterocycles. The van der Waals surface area contributed by atoms with E-state index in [1.807, 2.05) is 29.2 Å². The first kappa shape index (κ1) is 17.3. The average Bonchev–Trinajstić information content (AvgIpc) is 2.60. The Hall–Kier alpha value is -2.54. The van der Waals surface area contributed by atoms with E-state index in [-0.39, 0.29) is 24.3 Å². The van der Waals surface area contributed by atoms with Crippen LogP contribution in [0.3, 0.4) is 0 Å². The van der Waals surface area contributed by atoms with Crippen LogP contribution in [-0.4, -0.2) is 58.3 Å². The Labute approximate surface area is 146 Å². The highest BCUT2D eigenvalue weighted by molar-refractivity contribution is 5.79. The van der Waals surface area contributed by atoms with Gasteiger partial charge in [0.15, 0.2) is 0 Å². The van der Waals surface area contributed by atoms with Crippen molar-refractivity contribution >= 4 is 22.8 Å². The van der Waals surface area contributed by atoms with Crippen LogP contribution in [0.5, 0.6) is 0 Å². The molecule has 1 aliphatic rings. The number of carbonyl (C=O) groups is 2. The Morgan fingerprint density at radius 2 is 2.08 bits per heavy atom. The van der Waals surface area contributed by atoms with E-state index in [2.05, 4.69) is 9.97 Å². The van der Waals surface area contributed by atoms with Crippen LogP contribution >= 0.6 is 0 Å². The van der Waals surface area contributed by atoms with Crippen LogP contribution in [0.4, 0.5) is 0 Å². The lowest BCUT2D eigenvalue weighted by molar-refractivity contribution is -0.137. The van der Waals surface area contributed by atoms with Gasteiger partial charge in [-0.1, -0.05) is 12.1 Å². The van der Waals surface area contributed by atoms with E-state index in [4.69, 9.17) is 5.73 Å². The molecule has 0 aliphatic carbocycles. The fraction of sp³-hybridized carbons (Fsp3) is 0.444. The molecule has 2 heterocycles. The summed E-state index contributed by atoms with van der Waals surface area (Å²) in [5.74, 6) is -0.386. The molecule has 3 rings (SSSR count). The van der Waals surface area contributed by atoms with E-state index in [9.17, 15) is 9.59 Å². The fourth-order valence-electron chi connectivity index (χ4n) is 3.33. The van der Waals surface area contributed by atoms with E-state index in [0.717, 1.165) is 36.1 Å². The molecule has 132 valence electrons. The van der Waals surface area contributed by atoms with E-state index in [1.54, 1.807) is 18.1 Å². The highest BCUT2D eigenvalue weighted by Gasteiger charge is 2.28. The number of fused-ring (bicyclic) bond motifs is 1. The van der Waals surface area contributed by atoms with Gasteiger partial charge >= 0.3 is 0 Å². The number of rotatable bonds is 5. The van der Waals surface area contributed by atoms with Gasteiger partial charge in [0, 0.05) is 13.6 Å². The smallest absolute Gasteiger partial charge is 0.231 e. The molecule has 1 unspecified atom stereocenters. The van der Waals surface area contributed by atoms with E-state index in [0.29, 0.717) is 13.1 Å². The quantitative estimate of drug-likeness (QED) is 0.868. The number of amides is 2.